The van der Waals surface area contributed by atoms with Crippen LogP contribution in [0.4, 0.5) is 0 Å². The van der Waals surface area contributed by atoms with Gasteiger partial charge in [0.15, 0.2) is 0 Å². The smallest absolute Gasteiger partial charge is 0.266 e. The largest absolute Gasteiger partial charge is 0.285 e. The molecule has 0 bridgehead atoms. The fourth-order valence-electron chi connectivity index (χ4n) is 1.99. The Balaban J connectivity index is 2.05. The standard InChI is InChI=1S/C15H11NOS2/c1-18-15-16-14(17)13(19-15)9-11-7-4-6-10-5-2-3-8-12(10)11/h2-9H,1H3/b13-9+. The van der Waals surface area contributed by atoms with Crippen LogP contribution in [0.3, 0.4) is 0 Å². The molecular weight excluding hydrogens is 274 g/mol. The van der Waals surface area contributed by atoms with Crippen molar-refractivity contribution >= 4 is 50.7 Å². The first-order valence-corrected chi connectivity index (χ1v) is 7.86. The van der Waals surface area contributed by atoms with Crippen molar-refractivity contribution in [2.45, 2.75) is 0 Å². The van der Waals surface area contributed by atoms with E-state index in [1.165, 1.54) is 28.9 Å². The molecule has 0 atom stereocenters. The van der Waals surface area contributed by atoms with Gasteiger partial charge in [0, 0.05) is 0 Å². The molecule has 0 radical (unpaired) electrons. The van der Waals surface area contributed by atoms with Gasteiger partial charge in [0.05, 0.1) is 4.91 Å². The minimum Gasteiger partial charge on any atom is -0.266 e. The molecule has 0 aromatic heterocycles. The molecule has 3 rings (SSSR count). The monoisotopic (exact) mass is 285 g/mol. The van der Waals surface area contributed by atoms with Crippen LogP contribution in [-0.4, -0.2) is 16.5 Å². The summed E-state index contributed by atoms with van der Waals surface area (Å²) in [5.74, 6) is -0.137. The van der Waals surface area contributed by atoms with Gasteiger partial charge in [-0.05, 0) is 28.7 Å². The molecule has 0 saturated carbocycles. The highest BCUT2D eigenvalue weighted by Crippen LogP contribution is 2.33. The number of hydrogen-bond donors (Lipinski definition) is 0. The number of fused-ring (bicyclic) bond motifs is 1. The number of nitrogens with zero attached hydrogens (tertiary/aromatic N) is 1. The van der Waals surface area contributed by atoms with Gasteiger partial charge in [-0.3, -0.25) is 4.79 Å². The molecule has 2 aromatic rings. The van der Waals surface area contributed by atoms with E-state index in [0.717, 1.165) is 15.3 Å². The number of carbonyl (C=O) groups excluding carboxylic acids is 1. The van der Waals surface area contributed by atoms with Gasteiger partial charge in [-0.15, -0.1) is 11.8 Å². The molecule has 4 heteroatoms. The summed E-state index contributed by atoms with van der Waals surface area (Å²) in [6.07, 6.45) is 3.86. The van der Waals surface area contributed by atoms with E-state index in [4.69, 9.17) is 0 Å². The maximum atomic E-state index is 11.8. The Hall–Kier alpha value is -1.52. The molecule has 1 amide bonds. The molecule has 1 aliphatic heterocycles. The first-order chi connectivity index (χ1) is 9.28. The van der Waals surface area contributed by atoms with E-state index < -0.39 is 0 Å². The highest BCUT2D eigenvalue weighted by atomic mass is 32.2. The maximum absolute atomic E-state index is 11.8. The van der Waals surface area contributed by atoms with Crippen LogP contribution in [0.5, 0.6) is 0 Å². The average molecular weight is 285 g/mol. The van der Waals surface area contributed by atoms with Crippen LogP contribution in [0.1, 0.15) is 5.56 Å². The second kappa shape index (κ2) is 5.23. The van der Waals surface area contributed by atoms with Crippen LogP contribution in [0.25, 0.3) is 16.8 Å². The quantitative estimate of drug-likeness (QED) is 0.736. The summed E-state index contributed by atoms with van der Waals surface area (Å²) in [7, 11) is 0. The summed E-state index contributed by atoms with van der Waals surface area (Å²) in [6.45, 7) is 0. The van der Waals surface area contributed by atoms with E-state index in [1.54, 1.807) is 0 Å². The third kappa shape index (κ3) is 2.46. The predicted molar refractivity (Wildman–Crippen MR) is 85.5 cm³/mol. The van der Waals surface area contributed by atoms with Gasteiger partial charge in [-0.2, -0.15) is 4.99 Å². The molecule has 0 saturated heterocycles. The number of rotatable bonds is 1. The second-order valence-electron chi connectivity index (χ2n) is 4.07. The Morgan fingerprint density at radius 1 is 1.16 bits per heavy atom. The number of hydrogen-bond acceptors (Lipinski definition) is 3. The molecule has 2 nitrogen and oxygen atoms in total. The third-order valence-electron chi connectivity index (χ3n) is 2.89. The SMILES string of the molecule is CSC1=NC(=O)/C(=C\c2cccc3ccccc23)S1. The minimum absolute atomic E-state index is 0.137. The zero-order valence-corrected chi connectivity index (χ0v) is 11.9. The van der Waals surface area contributed by atoms with Crippen molar-refractivity contribution in [3.8, 4) is 0 Å². The van der Waals surface area contributed by atoms with Gasteiger partial charge in [0.1, 0.15) is 4.38 Å². The summed E-state index contributed by atoms with van der Waals surface area (Å²) < 4.78 is 0.816. The first-order valence-electron chi connectivity index (χ1n) is 5.82. The first kappa shape index (κ1) is 12.5. The van der Waals surface area contributed by atoms with Crippen molar-refractivity contribution in [2.24, 2.45) is 4.99 Å². The summed E-state index contributed by atoms with van der Waals surface area (Å²) >= 11 is 2.95. The van der Waals surface area contributed by atoms with Crippen molar-refractivity contribution < 1.29 is 4.79 Å². The van der Waals surface area contributed by atoms with E-state index in [0.29, 0.717) is 4.91 Å². The Bertz CT molecular complexity index is 714. The predicted octanol–water partition coefficient (Wildman–Crippen LogP) is 4.17. The Morgan fingerprint density at radius 3 is 2.74 bits per heavy atom. The highest BCUT2D eigenvalue weighted by Gasteiger charge is 2.21. The van der Waals surface area contributed by atoms with Gasteiger partial charge in [0.2, 0.25) is 0 Å². The fraction of sp³-hybridized carbons (Fsp3) is 0.0667. The van der Waals surface area contributed by atoms with Gasteiger partial charge in [-0.25, -0.2) is 0 Å². The fourth-order valence-corrected chi connectivity index (χ4v) is 3.41. The van der Waals surface area contributed by atoms with Gasteiger partial charge in [0.25, 0.3) is 5.91 Å². The zero-order chi connectivity index (χ0) is 13.2. The van der Waals surface area contributed by atoms with Crippen LogP contribution < -0.4 is 0 Å². The summed E-state index contributed by atoms with van der Waals surface area (Å²) in [4.78, 5) is 16.5. The number of thioether (sulfide) groups is 2. The molecule has 1 heterocycles. The lowest BCUT2D eigenvalue weighted by atomic mass is 10.0. The van der Waals surface area contributed by atoms with Gasteiger partial charge >= 0.3 is 0 Å². The second-order valence-corrected chi connectivity index (χ2v) is 6.15. The summed E-state index contributed by atoms with van der Waals surface area (Å²) in [5, 5.41) is 2.34. The van der Waals surface area contributed by atoms with Gasteiger partial charge in [-0.1, -0.05) is 54.2 Å². The van der Waals surface area contributed by atoms with Crippen molar-refractivity contribution in [2.75, 3.05) is 6.26 Å². The van der Waals surface area contributed by atoms with Crippen molar-refractivity contribution in [3.05, 3.63) is 52.9 Å². The minimum atomic E-state index is -0.137. The molecule has 0 spiro atoms. The summed E-state index contributed by atoms with van der Waals surface area (Å²) in [6, 6.07) is 14.3. The van der Waals surface area contributed by atoms with Crippen LogP contribution in [0, 0.1) is 0 Å². The van der Waals surface area contributed by atoms with Gasteiger partial charge < -0.3 is 0 Å². The van der Waals surface area contributed by atoms with Crippen LogP contribution in [-0.2, 0) is 4.79 Å². The number of aliphatic imine (C=N–C) groups is 1. The maximum Gasteiger partial charge on any atom is 0.285 e. The van der Waals surface area contributed by atoms with Crippen LogP contribution >= 0.6 is 23.5 Å². The normalized spacial score (nSPS) is 17.2. The Morgan fingerprint density at radius 2 is 1.95 bits per heavy atom. The number of carbonyl (C=O) groups is 1. The third-order valence-corrected chi connectivity index (χ3v) is 4.85. The zero-order valence-electron chi connectivity index (χ0n) is 10.3. The van der Waals surface area contributed by atoms with Crippen LogP contribution in [0.2, 0.25) is 0 Å². The van der Waals surface area contributed by atoms with E-state index >= 15 is 0 Å². The molecular formula is C15H11NOS2. The molecule has 1 aliphatic rings. The van der Waals surface area contributed by atoms with E-state index in [2.05, 4.69) is 23.2 Å². The summed E-state index contributed by atoms with van der Waals surface area (Å²) in [5.41, 5.74) is 1.06. The Labute approximate surface area is 120 Å². The molecule has 0 N–H and O–H groups in total. The molecule has 0 unspecified atom stereocenters. The van der Waals surface area contributed by atoms with E-state index in [1.807, 2.05) is 36.6 Å². The molecule has 19 heavy (non-hydrogen) atoms. The van der Waals surface area contributed by atoms with Crippen LogP contribution in [0.15, 0.2) is 52.4 Å². The highest BCUT2D eigenvalue weighted by molar-refractivity contribution is 8.40. The van der Waals surface area contributed by atoms with E-state index in [-0.39, 0.29) is 5.91 Å². The van der Waals surface area contributed by atoms with E-state index in [9.17, 15) is 4.79 Å². The Kier molecular flexibility index (Phi) is 3.44. The lowest BCUT2D eigenvalue weighted by molar-refractivity contribution is -0.113. The van der Waals surface area contributed by atoms with Crippen molar-refractivity contribution in [1.29, 1.82) is 0 Å². The lowest BCUT2D eigenvalue weighted by Gasteiger charge is -2.02. The lowest BCUT2D eigenvalue weighted by Crippen LogP contribution is -1.88. The molecule has 0 aliphatic carbocycles. The molecule has 0 fully saturated rings. The topological polar surface area (TPSA) is 29.4 Å². The molecule has 2 aromatic carbocycles. The molecule has 94 valence electrons. The van der Waals surface area contributed by atoms with Crippen molar-refractivity contribution in [3.63, 3.8) is 0 Å². The number of benzene rings is 2. The van der Waals surface area contributed by atoms with Crippen molar-refractivity contribution in [1.82, 2.24) is 0 Å². The number of amides is 1. The average Bonchev–Trinajstić information content (AvgIpc) is 2.80.